The molecule has 0 aromatic carbocycles. The summed E-state index contributed by atoms with van der Waals surface area (Å²) in [7, 11) is 2.26. The van der Waals surface area contributed by atoms with Gasteiger partial charge in [-0.15, -0.1) is 0 Å². The second-order valence-electron chi connectivity index (χ2n) is 5.54. The summed E-state index contributed by atoms with van der Waals surface area (Å²) in [5.74, 6) is -1.55. The first-order valence-corrected chi connectivity index (χ1v) is 6.96. The number of hydrogen-bond donors (Lipinski definition) is 1. The first-order valence-electron chi connectivity index (χ1n) is 6.96. The third-order valence-electron chi connectivity index (χ3n) is 2.49. The van der Waals surface area contributed by atoms with Crippen LogP contribution in [0.1, 0.15) is 27.2 Å². The molecule has 0 radical (unpaired) electrons. The predicted octanol–water partition coefficient (Wildman–Crippen LogP) is 0.970. The van der Waals surface area contributed by atoms with Crippen LogP contribution in [0.2, 0.25) is 0 Å². The number of halogens is 1. The molecule has 0 aliphatic carbocycles. The second-order valence-corrected chi connectivity index (χ2v) is 5.54. The quantitative estimate of drug-likeness (QED) is 0.520. The van der Waals surface area contributed by atoms with Crippen molar-refractivity contribution in [3.8, 4) is 0 Å². The van der Waals surface area contributed by atoms with Gasteiger partial charge in [0.2, 0.25) is 0 Å². The van der Waals surface area contributed by atoms with Crippen LogP contribution >= 0.6 is 0 Å². The highest BCUT2D eigenvalue weighted by Gasteiger charge is 2.34. The van der Waals surface area contributed by atoms with E-state index in [0.29, 0.717) is 0 Å². The van der Waals surface area contributed by atoms with E-state index in [1.807, 2.05) is 0 Å². The highest BCUT2D eigenvalue weighted by molar-refractivity contribution is 5.80. The minimum atomic E-state index is -1.37. The molecular weight excluding hydrogens is 313 g/mol. The van der Waals surface area contributed by atoms with Crippen LogP contribution in [0.3, 0.4) is 0 Å². The lowest BCUT2D eigenvalue weighted by Crippen LogP contribution is -2.51. The molecule has 0 saturated carbocycles. The Labute approximate surface area is 134 Å². The van der Waals surface area contributed by atoms with Crippen molar-refractivity contribution in [3.63, 3.8) is 0 Å². The third kappa shape index (κ3) is 8.97. The van der Waals surface area contributed by atoms with E-state index in [4.69, 9.17) is 9.47 Å². The van der Waals surface area contributed by atoms with Gasteiger partial charge in [-0.2, -0.15) is 0 Å². The Morgan fingerprint density at radius 3 is 2.17 bits per heavy atom. The topological polar surface area (TPSA) is 100 Å². The molecule has 9 heteroatoms. The molecule has 0 aromatic rings. The Bertz CT molecular complexity index is 408. The molecule has 2 unspecified atom stereocenters. The molecule has 0 fully saturated rings. The lowest BCUT2D eigenvalue weighted by Gasteiger charge is -2.27. The molecule has 0 spiro atoms. The van der Waals surface area contributed by atoms with Crippen LogP contribution in [-0.2, 0) is 28.5 Å². The number of hydrogen-bond acceptors (Lipinski definition) is 7. The van der Waals surface area contributed by atoms with Crippen molar-refractivity contribution in [1.82, 2.24) is 5.32 Å². The monoisotopic (exact) mass is 337 g/mol. The number of methoxy groups -OCH3 is 2. The van der Waals surface area contributed by atoms with Crippen molar-refractivity contribution < 1.29 is 37.7 Å². The minimum absolute atomic E-state index is 0.373. The first-order chi connectivity index (χ1) is 10.6. The van der Waals surface area contributed by atoms with E-state index in [1.165, 1.54) is 0 Å². The van der Waals surface area contributed by atoms with Crippen LogP contribution in [0.15, 0.2) is 0 Å². The molecule has 23 heavy (non-hydrogen) atoms. The summed E-state index contributed by atoms with van der Waals surface area (Å²) in [6.07, 6.45) is -2.60. The van der Waals surface area contributed by atoms with Gasteiger partial charge in [-0.3, -0.25) is 4.79 Å². The zero-order chi connectivity index (χ0) is 18.0. The summed E-state index contributed by atoms with van der Waals surface area (Å²) < 4.78 is 31.5. The lowest BCUT2D eigenvalue weighted by atomic mass is 10.1. The van der Waals surface area contributed by atoms with E-state index < -0.39 is 49.1 Å². The Morgan fingerprint density at radius 2 is 1.74 bits per heavy atom. The molecule has 2 atom stereocenters. The highest BCUT2D eigenvalue weighted by atomic mass is 19.1. The smallest absolute Gasteiger partial charge is 0.407 e. The van der Waals surface area contributed by atoms with E-state index in [9.17, 15) is 18.8 Å². The van der Waals surface area contributed by atoms with E-state index in [0.717, 1.165) is 14.2 Å². The molecular formula is C14H24FNO7. The van der Waals surface area contributed by atoms with E-state index in [2.05, 4.69) is 14.8 Å². The SMILES string of the molecule is COC(=O)CC(NC(=O)OC(C)(C)C)C(OCCF)C(=O)OC. The van der Waals surface area contributed by atoms with E-state index >= 15 is 0 Å². The maximum absolute atomic E-state index is 12.3. The molecule has 0 aromatic heterocycles. The van der Waals surface area contributed by atoms with Gasteiger partial charge < -0.3 is 24.3 Å². The number of alkyl carbamates (subject to hydrolysis) is 1. The molecule has 134 valence electrons. The number of rotatable bonds is 8. The molecule has 0 aliphatic rings. The predicted molar refractivity (Wildman–Crippen MR) is 77.5 cm³/mol. The van der Waals surface area contributed by atoms with Crippen LogP contribution in [0.25, 0.3) is 0 Å². The van der Waals surface area contributed by atoms with E-state index in [-0.39, 0.29) is 6.42 Å². The van der Waals surface area contributed by atoms with Gasteiger partial charge in [-0.05, 0) is 20.8 Å². The Hall–Kier alpha value is -1.90. The Balaban J connectivity index is 5.16. The molecule has 1 N–H and O–H groups in total. The summed E-state index contributed by atoms with van der Waals surface area (Å²) in [4.78, 5) is 35.1. The zero-order valence-electron chi connectivity index (χ0n) is 14.0. The van der Waals surface area contributed by atoms with Gasteiger partial charge in [0.1, 0.15) is 12.3 Å². The van der Waals surface area contributed by atoms with Crippen molar-refractivity contribution in [3.05, 3.63) is 0 Å². The third-order valence-corrected chi connectivity index (χ3v) is 2.49. The van der Waals surface area contributed by atoms with Crippen LogP contribution in [0, 0.1) is 0 Å². The van der Waals surface area contributed by atoms with Crippen molar-refractivity contribution in [1.29, 1.82) is 0 Å². The number of esters is 2. The number of alkyl halides is 1. The summed E-state index contributed by atoms with van der Waals surface area (Å²) in [5.41, 5.74) is -0.777. The normalized spacial score (nSPS) is 13.7. The van der Waals surface area contributed by atoms with Crippen LogP contribution in [-0.4, -0.2) is 63.3 Å². The summed E-state index contributed by atoms with van der Waals surface area (Å²) in [6.45, 7) is 3.72. The maximum Gasteiger partial charge on any atom is 0.407 e. The number of carbonyl (C=O) groups is 3. The van der Waals surface area contributed by atoms with Crippen molar-refractivity contribution in [2.75, 3.05) is 27.5 Å². The molecule has 0 aliphatic heterocycles. The molecule has 8 nitrogen and oxygen atoms in total. The number of carbonyl (C=O) groups excluding carboxylic acids is 3. The molecule has 0 heterocycles. The fourth-order valence-electron chi connectivity index (χ4n) is 1.59. The summed E-state index contributed by atoms with van der Waals surface area (Å²) >= 11 is 0. The van der Waals surface area contributed by atoms with Gasteiger partial charge in [0.15, 0.2) is 6.10 Å². The van der Waals surface area contributed by atoms with Crippen LogP contribution in [0.5, 0.6) is 0 Å². The van der Waals surface area contributed by atoms with Gasteiger partial charge in [-0.25, -0.2) is 14.0 Å². The Kier molecular flexibility index (Phi) is 9.16. The molecule has 1 amide bonds. The van der Waals surface area contributed by atoms with Crippen LogP contribution < -0.4 is 5.32 Å². The summed E-state index contributed by atoms with van der Waals surface area (Å²) in [5, 5.41) is 2.35. The fraction of sp³-hybridized carbons (Fsp3) is 0.786. The lowest BCUT2D eigenvalue weighted by molar-refractivity contribution is -0.157. The molecule has 0 rings (SSSR count). The fourth-order valence-corrected chi connectivity index (χ4v) is 1.59. The number of nitrogens with one attached hydrogen (secondary N) is 1. The van der Waals surface area contributed by atoms with Crippen molar-refractivity contribution in [2.45, 2.75) is 44.9 Å². The largest absolute Gasteiger partial charge is 0.469 e. The average molecular weight is 337 g/mol. The van der Waals surface area contributed by atoms with E-state index in [1.54, 1.807) is 20.8 Å². The number of ether oxygens (including phenoxy) is 4. The number of amides is 1. The van der Waals surface area contributed by atoms with Gasteiger partial charge in [0, 0.05) is 0 Å². The molecule has 0 bridgehead atoms. The van der Waals surface area contributed by atoms with Crippen LogP contribution in [0.4, 0.5) is 9.18 Å². The maximum atomic E-state index is 12.3. The van der Waals surface area contributed by atoms with Crippen molar-refractivity contribution >= 4 is 18.0 Å². The van der Waals surface area contributed by atoms with Gasteiger partial charge in [-0.1, -0.05) is 0 Å². The standard InChI is InChI=1S/C14H24FNO7/c1-14(2,3)23-13(19)16-9(8-10(17)20-4)11(12(18)21-5)22-7-6-15/h9,11H,6-8H2,1-5H3,(H,16,19). The minimum Gasteiger partial charge on any atom is -0.469 e. The average Bonchev–Trinajstić information content (AvgIpc) is 2.44. The molecule has 0 saturated heterocycles. The Morgan fingerprint density at radius 1 is 1.13 bits per heavy atom. The summed E-state index contributed by atoms with van der Waals surface area (Å²) in [6, 6.07) is -1.13. The van der Waals surface area contributed by atoms with Gasteiger partial charge in [0.25, 0.3) is 0 Å². The van der Waals surface area contributed by atoms with Gasteiger partial charge in [0.05, 0.1) is 33.3 Å². The van der Waals surface area contributed by atoms with Crippen molar-refractivity contribution in [2.24, 2.45) is 0 Å². The highest BCUT2D eigenvalue weighted by Crippen LogP contribution is 2.11. The second kappa shape index (κ2) is 9.98. The van der Waals surface area contributed by atoms with Gasteiger partial charge >= 0.3 is 18.0 Å². The first kappa shape index (κ1) is 21.1. The zero-order valence-corrected chi connectivity index (χ0v) is 14.0.